The van der Waals surface area contributed by atoms with E-state index in [4.69, 9.17) is 11.6 Å². The van der Waals surface area contributed by atoms with Gasteiger partial charge in [-0.25, -0.2) is 13.2 Å². The highest BCUT2D eigenvalue weighted by Crippen LogP contribution is 2.37. The van der Waals surface area contributed by atoms with Crippen molar-refractivity contribution in [3.8, 4) is 0 Å². The first-order valence-corrected chi connectivity index (χ1v) is 9.25. The molecule has 2 rings (SSSR count). The fourth-order valence-electron chi connectivity index (χ4n) is 2.66. The SMILES string of the molecule is CCS(=O)(=O)CCn1nc(C2CCCC2)c(C(=O)O)c1Cl. The quantitative estimate of drug-likeness (QED) is 0.862. The first-order valence-electron chi connectivity index (χ1n) is 7.05. The molecule has 8 heteroatoms. The Labute approximate surface area is 129 Å². The molecule has 0 unspecified atom stereocenters. The molecular weight excluding hydrogens is 316 g/mol. The third-order valence-electron chi connectivity index (χ3n) is 3.93. The number of aryl methyl sites for hydroxylation is 1. The van der Waals surface area contributed by atoms with Gasteiger partial charge in [0.05, 0.1) is 18.0 Å². The van der Waals surface area contributed by atoms with Gasteiger partial charge in [0.1, 0.15) is 10.7 Å². The van der Waals surface area contributed by atoms with Crippen LogP contribution in [0.25, 0.3) is 0 Å². The van der Waals surface area contributed by atoms with Gasteiger partial charge in [0.15, 0.2) is 9.84 Å². The van der Waals surface area contributed by atoms with Crippen molar-refractivity contribution in [2.45, 2.75) is 45.1 Å². The topological polar surface area (TPSA) is 89.3 Å². The molecule has 0 bridgehead atoms. The monoisotopic (exact) mass is 334 g/mol. The molecule has 118 valence electrons. The Kier molecular flexibility index (Phi) is 4.93. The third-order valence-corrected chi connectivity index (χ3v) is 6.00. The number of halogens is 1. The minimum absolute atomic E-state index is 0.0238. The molecule has 1 fully saturated rings. The van der Waals surface area contributed by atoms with Crippen LogP contribution < -0.4 is 0 Å². The second kappa shape index (κ2) is 6.36. The van der Waals surface area contributed by atoms with E-state index in [9.17, 15) is 18.3 Å². The number of rotatable bonds is 6. The van der Waals surface area contributed by atoms with Crippen molar-refractivity contribution in [3.63, 3.8) is 0 Å². The van der Waals surface area contributed by atoms with E-state index in [-0.39, 0.29) is 34.7 Å². The average molecular weight is 335 g/mol. The van der Waals surface area contributed by atoms with Gasteiger partial charge in [-0.15, -0.1) is 0 Å². The van der Waals surface area contributed by atoms with Crippen LogP contribution in [0.5, 0.6) is 0 Å². The minimum atomic E-state index is -3.14. The molecule has 1 aliphatic carbocycles. The van der Waals surface area contributed by atoms with Crippen molar-refractivity contribution < 1.29 is 18.3 Å². The Morgan fingerprint density at radius 3 is 2.57 bits per heavy atom. The van der Waals surface area contributed by atoms with E-state index in [1.54, 1.807) is 6.92 Å². The standard InChI is InChI=1S/C13H19ClN2O4S/c1-2-21(19,20)8-7-16-12(14)10(13(17)18)11(15-16)9-5-3-4-6-9/h9H,2-8H2,1H3,(H,17,18). The molecule has 0 radical (unpaired) electrons. The number of nitrogens with zero attached hydrogens (tertiary/aromatic N) is 2. The van der Waals surface area contributed by atoms with Crippen molar-refractivity contribution in [2.24, 2.45) is 0 Å². The summed E-state index contributed by atoms with van der Waals surface area (Å²) in [6.07, 6.45) is 3.92. The molecular formula is C13H19ClN2O4S. The summed E-state index contributed by atoms with van der Waals surface area (Å²) >= 11 is 6.10. The van der Waals surface area contributed by atoms with Crippen molar-refractivity contribution >= 4 is 27.4 Å². The van der Waals surface area contributed by atoms with Crippen molar-refractivity contribution in [1.29, 1.82) is 0 Å². The van der Waals surface area contributed by atoms with Crippen LogP contribution in [-0.2, 0) is 16.4 Å². The predicted octanol–water partition coefficient (Wildman–Crippen LogP) is 2.33. The number of carbonyl (C=O) groups is 1. The van der Waals surface area contributed by atoms with E-state index < -0.39 is 15.8 Å². The second-order valence-corrected chi connectivity index (χ2v) is 8.13. The smallest absolute Gasteiger partial charge is 0.340 e. The summed E-state index contributed by atoms with van der Waals surface area (Å²) in [5.74, 6) is -1.04. The molecule has 6 nitrogen and oxygen atoms in total. The molecule has 1 aromatic rings. The first kappa shape index (κ1) is 16.3. The highest BCUT2D eigenvalue weighted by atomic mass is 35.5. The summed E-state index contributed by atoms with van der Waals surface area (Å²) in [7, 11) is -3.14. The van der Waals surface area contributed by atoms with E-state index in [0.717, 1.165) is 25.7 Å². The third kappa shape index (κ3) is 3.58. The van der Waals surface area contributed by atoms with Crippen LogP contribution in [0, 0.1) is 0 Å². The van der Waals surface area contributed by atoms with Crippen molar-refractivity contribution in [2.75, 3.05) is 11.5 Å². The van der Waals surface area contributed by atoms with E-state index >= 15 is 0 Å². The molecule has 0 atom stereocenters. The van der Waals surface area contributed by atoms with Crippen LogP contribution in [0.1, 0.15) is 54.6 Å². The van der Waals surface area contributed by atoms with E-state index in [0.29, 0.717) is 5.69 Å². The Bertz CT molecular complexity index is 633. The number of carboxylic acid groups (broad SMARTS) is 1. The molecule has 1 aromatic heterocycles. The molecule has 1 N–H and O–H groups in total. The van der Waals surface area contributed by atoms with Crippen LogP contribution in [0.3, 0.4) is 0 Å². The van der Waals surface area contributed by atoms with Gasteiger partial charge in [-0.3, -0.25) is 4.68 Å². The lowest BCUT2D eigenvalue weighted by Crippen LogP contribution is -2.15. The van der Waals surface area contributed by atoms with Gasteiger partial charge in [0.2, 0.25) is 0 Å². The molecule has 1 heterocycles. The lowest BCUT2D eigenvalue weighted by Gasteiger charge is -2.06. The maximum absolute atomic E-state index is 11.6. The maximum atomic E-state index is 11.6. The normalized spacial score (nSPS) is 16.5. The van der Waals surface area contributed by atoms with Crippen LogP contribution in [0.15, 0.2) is 0 Å². The number of carboxylic acids is 1. The number of aromatic nitrogens is 2. The van der Waals surface area contributed by atoms with Crippen LogP contribution in [-0.4, -0.2) is 40.8 Å². The fraction of sp³-hybridized carbons (Fsp3) is 0.692. The summed E-state index contributed by atoms with van der Waals surface area (Å²) in [6, 6.07) is 0. The Balaban J connectivity index is 2.30. The summed E-state index contributed by atoms with van der Waals surface area (Å²) in [5, 5.41) is 13.7. The highest BCUT2D eigenvalue weighted by Gasteiger charge is 2.29. The Morgan fingerprint density at radius 1 is 1.43 bits per heavy atom. The van der Waals surface area contributed by atoms with Crippen molar-refractivity contribution in [1.82, 2.24) is 9.78 Å². The average Bonchev–Trinajstić information content (AvgIpc) is 3.04. The van der Waals surface area contributed by atoms with E-state index in [1.807, 2.05) is 0 Å². The Morgan fingerprint density at radius 2 is 2.05 bits per heavy atom. The lowest BCUT2D eigenvalue weighted by atomic mass is 10.0. The maximum Gasteiger partial charge on any atom is 0.340 e. The lowest BCUT2D eigenvalue weighted by molar-refractivity contribution is 0.0695. The molecule has 1 aliphatic rings. The molecule has 0 saturated heterocycles. The number of sulfone groups is 1. The van der Waals surface area contributed by atoms with Crippen LogP contribution >= 0.6 is 11.6 Å². The summed E-state index contributed by atoms with van der Waals surface area (Å²) in [5.41, 5.74) is 0.524. The molecule has 0 amide bonds. The largest absolute Gasteiger partial charge is 0.478 e. The van der Waals surface area contributed by atoms with Gasteiger partial charge in [-0.05, 0) is 12.8 Å². The highest BCUT2D eigenvalue weighted by molar-refractivity contribution is 7.91. The molecule has 0 aromatic carbocycles. The summed E-state index contributed by atoms with van der Waals surface area (Å²) in [4.78, 5) is 11.4. The van der Waals surface area contributed by atoms with Gasteiger partial charge in [-0.1, -0.05) is 31.4 Å². The molecule has 0 spiro atoms. The van der Waals surface area contributed by atoms with Gasteiger partial charge < -0.3 is 5.11 Å². The second-order valence-electron chi connectivity index (χ2n) is 5.30. The number of hydrogen-bond donors (Lipinski definition) is 1. The van der Waals surface area contributed by atoms with Gasteiger partial charge in [0, 0.05) is 11.7 Å². The van der Waals surface area contributed by atoms with Crippen molar-refractivity contribution in [3.05, 3.63) is 16.4 Å². The van der Waals surface area contributed by atoms with Gasteiger partial charge in [-0.2, -0.15) is 5.10 Å². The zero-order chi connectivity index (χ0) is 15.6. The van der Waals surface area contributed by atoms with Gasteiger partial charge in [0.25, 0.3) is 0 Å². The zero-order valence-electron chi connectivity index (χ0n) is 11.9. The van der Waals surface area contributed by atoms with Crippen LogP contribution in [0.4, 0.5) is 0 Å². The molecule has 0 aliphatic heterocycles. The first-order chi connectivity index (χ1) is 9.85. The van der Waals surface area contributed by atoms with Gasteiger partial charge >= 0.3 is 5.97 Å². The molecule has 21 heavy (non-hydrogen) atoms. The molecule has 1 saturated carbocycles. The number of aromatic carboxylic acids is 1. The van der Waals surface area contributed by atoms with E-state index in [1.165, 1.54) is 4.68 Å². The minimum Gasteiger partial charge on any atom is -0.478 e. The fourth-order valence-corrected chi connectivity index (χ4v) is 3.70. The summed E-state index contributed by atoms with van der Waals surface area (Å²) in [6.45, 7) is 1.66. The summed E-state index contributed by atoms with van der Waals surface area (Å²) < 4.78 is 24.4. The Hall–Kier alpha value is -1.08. The van der Waals surface area contributed by atoms with E-state index in [2.05, 4.69) is 5.10 Å². The van der Waals surface area contributed by atoms with Crippen LogP contribution in [0.2, 0.25) is 5.15 Å². The predicted molar refractivity (Wildman–Crippen MR) is 79.7 cm³/mol. The number of hydrogen-bond acceptors (Lipinski definition) is 4. The zero-order valence-corrected chi connectivity index (χ0v) is 13.5.